The van der Waals surface area contributed by atoms with Gasteiger partial charge >= 0.3 is 202 Å². The van der Waals surface area contributed by atoms with Crippen LogP contribution in [0.2, 0.25) is 11.1 Å². The molecule has 0 saturated heterocycles. The van der Waals surface area contributed by atoms with Crippen LogP contribution in [0.15, 0.2) is 71.5 Å². The second-order valence-corrected chi connectivity index (χ2v) is 18.1. The molecule has 2 aromatic rings. The van der Waals surface area contributed by atoms with Gasteiger partial charge in [0.2, 0.25) is 0 Å². The fourth-order valence-corrected chi connectivity index (χ4v) is 15.1. The molecular weight excluding hydrogens is 610 g/mol. The van der Waals surface area contributed by atoms with Crippen LogP contribution in [-0.2, 0) is 0 Å². The first-order chi connectivity index (χ1) is 14.3. The van der Waals surface area contributed by atoms with Crippen LogP contribution in [0.25, 0.3) is 5.57 Å². The number of allylic oxidation sites excluding steroid dienone is 5. The van der Waals surface area contributed by atoms with E-state index in [0.29, 0.717) is 11.1 Å². The zero-order chi connectivity index (χ0) is 21.6. The second-order valence-electron chi connectivity index (χ2n) is 8.71. The molecule has 0 fully saturated rings. The Kier molecular flexibility index (Phi) is 6.16. The second kappa shape index (κ2) is 8.39. The molecule has 1 aliphatic heterocycles. The van der Waals surface area contributed by atoms with E-state index in [1.165, 1.54) is 36.2 Å². The Hall–Kier alpha value is -1.19. The molecule has 0 radical (unpaired) electrons. The van der Waals surface area contributed by atoms with Crippen molar-refractivity contribution >= 4 is 48.8 Å². The molecule has 0 saturated carbocycles. The van der Waals surface area contributed by atoms with Gasteiger partial charge < -0.3 is 0 Å². The average molecular weight is 638 g/mol. The van der Waals surface area contributed by atoms with E-state index in [9.17, 15) is 0 Å². The molecule has 0 unspecified atom stereocenters. The first-order valence-corrected chi connectivity index (χ1v) is 19.9. The van der Waals surface area contributed by atoms with Crippen molar-refractivity contribution in [1.82, 2.24) is 0 Å². The van der Waals surface area contributed by atoms with Crippen molar-refractivity contribution in [1.29, 1.82) is 0 Å². The molecule has 5 heteroatoms. The van der Waals surface area contributed by atoms with Gasteiger partial charge in [-0.2, -0.15) is 0 Å². The number of nitrogens with two attached hydrogens (primary N) is 2. The summed E-state index contributed by atoms with van der Waals surface area (Å²) in [5, 5.41) is 9.33. The molecular formula is C25H28I2N2Si. The Morgan fingerprint density at radius 1 is 0.967 bits per heavy atom. The number of fused-ring (bicyclic) bond motifs is 2. The summed E-state index contributed by atoms with van der Waals surface area (Å²) in [5.41, 5.74) is 14.6. The van der Waals surface area contributed by atoms with Crippen LogP contribution in [0.3, 0.4) is 0 Å². The first kappa shape index (κ1) is 22.0. The first-order valence-electron chi connectivity index (χ1n) is 10.3. The van der Waals surface area contributed by atoms with Gasteiger partial charge in [-0.15, -0.1) is 0 Å². The molecule has 156 valence electrons. The summed E-state index contributed by atoms with van der Waals surface area (Å²) in [5.74, 6) is 0. The van der Waals surface area contributed by atoms with Gasteiger partial charge in [0.25, 0.3) is 0 Å². The van der Waals surface area contributed by atoms with Crippen LogP contribution in [0.4, 0.5) is 5.69 Å². The summed E-state index contributed by atoms with van der Waals surface area (Å²) in [6, 6.07) is 15.5. The Morgan fingerprint density at radius 2 is 1.67 bits per heavy atom. The van der Waals surface area contributed by atoms with Crippen LogP contribution >= 0.6 is 18.6 Å². The summed E-state index contributed by atoms with van der Waals surface area (Å²) in [7, 11) is -2.12. The number of anilines is 1. The summed E-state index contributed by atoms with van der Waals surface area (Å²) >= 11 is 2.51. The van der Waals surface area contributed by atoms with Crippen LogP contribution in [0.1, 0.15) is 38.8 Å². The minimum atomic E-state index is -2.12. The van der Waals surface area contributed by atoms with E-state index in [4.69, 9.17) is 11.1 Å². The molecule has 0 amide bonds. The van der Waals surface area contributed by atoms with Crippen molar-refractivity contribution in [2.75, 3.05) is 5.73 Å². The topological polar surface area (TPSA) is 51.6 Å². The third kappa shape index (κ3) is 3.28. The number of benzene rings is 2. The van der Waals surface area contributed by atoms with Gasteiger partial charge in [0, 0.05) is 0 Å². The molecule has 2 aliphatic rings. The molecule has 0 bridgehead atoms. The molecule has 4 rings (SSSR count). The maximum absolute atomic E-state index is 6.39. The number of hydrogen-bond acceptors (Lipinski definition) is 1. The Bertz CT molecular complexity index is 1120. The summed E-state index contributed by atoms with van der Waals surface area (Å²) in [6.45, 7) is 9.56. The summed E-state index contributed by atoms with van der Waals surface area (Å²) in [6.07, 6.45) is 6.62. The Balaban J connectivity index is 2.20. The van der Waals surface area contributed by atoms with Crippen LogP contribution in [0, 0.1) is 3.57 Å². The molecule has 0 atom stereocenters. The third-order valence-corrected chi connectivity index (χ3v) is 17.1. The van der Waals surface area contributed by atoms with E-state index >= 15 is 0 Å². The van der Waals surface area contributed by atoms with E-state index in [0.717, 1.165) is 11.4 Å². The standard InChI is InChI=1S/C25H27I2N2Si/c1-15(2)30(16(3)4)23-13-17(28)9-11-20(23)25(19-7-5-6-8-22(19)27-26)21-12-10-18(29)14-24(21)30/h5-16,28H,29H2,1-4H3/q-1/p+1. The van der Waals surface area contributed by atoms with Gasteiger partial charge in [0.15, 0.2) is 0 Å². The average Bonchev–Trinajstić information content (AvgIpc) is 2.71. The van der Waals surface area contributed by atoms with Crippen molar-refractivity contribution < 1.29 is 22.6 Å². The van der Waals surface area contributed by atoms with Gasteiger partial charge in [-0.1, -0.05) is 0 Å². The maximum atomic E-state index is 6.39. The summed E-state index contributed by atoms with van der Waals surface area (Å²) in [4.78, 5) is 0. The molecule has 1 aliphatic carbocycles. The van der Waals surface area contributed by atoms with E-state index in [1.807, 2.05) is 0 Å². The SMILES string of the molecule is CC(C)[Si]1(C(C)C)C2=CC(=[NH2+])C=CC2=C(c2ccccc2[I-]I)c2ccc(N)cc21. The van der Waals surface area contributed by atoms with Crippen molar-refractivity contribution in [3.05, 3.63) is 86.2 Å². The Labute approximate surface area is 200 Å². The number of halogens is 2. The van der Waals surface area contributed by atoms with Crippen molar-refractivity contribution in [3.63, 3.8) is 0 Å². The molecule has 2 nitrogen and oxygen atoms in total. The minimum absolute atomic E-state index is 0.0718. The third-order valence-electron chi connectivity index (χ3n) is 6.56. The molecule has 0 spiro atoms. The van der Waals surface area contributed by atoms with E-state index in [-0.39, 0.29) is 17.2 Å². The van der Waals surface area contributed by atoms with Gasteiger partial charge in [-0.05, 0) is 0 Å². The predicted octanol–water partition coefficient (Wildman–Crippen LogP) is 1.40. The van der Waals surface area contributed by atoms with E-state index in [2.05, 4.69) is 107 Å². The number of rotatable bonds is 4. The van der Waals surface area contributed by atoms with Crippen molar-refractivity contribution in [2.24, 2.45) is 0 Å². The number of hydrogen-bond donors (Lipinski definition) is 2. The molecule has 30 heavy (non-hydrogen) atoms. The summed E-state index contributed by atoms with van der Waals surface area (Å²) < 4.78 is 1.47. The van der Waals surface area contributed by atoms with Crippen molar-refractivity contribution in [3.8, 4) is 0 Å². The number of nitrogen functional groups attached to an aromatic ring is 1. The van der Waals surface area contributed by atoms with Crippen LogP contribution < -0.4 is 33.6 Å². The zero-order valence-electron chi connectivity index (χ0n) is 17.8. The van der Waals surface area contributed by atoms with E-state index < -0.39 is 8.07 Å². The monoisotopic (exact) mass is 638 g/mol. The quantitative estimate of drug-likeness (QED) is 0.297. The predicted molar refractivity (Wildman–Crippen MR) is 136 cm³/mol. The van der Waals surface area contributed by atoms with Gasteiger partial charge in [0.05, 0.1) is 0 Å². The molecule has 4 N–H and O–H groups in total. The normalized spacial score (nSPS) is 17.4. The molecule has 2 aromatic carbocycles. The fourth-order valence-electron chi connectivity index (χ4n) is 5.46. The van der Waals surface area contributed by atoms with Gasteiger partial charge in [-0.25, -0.2) is 0 Å². The van der Waals surface area contributed by atoms with Crippen LogP contribution in [-0.4, -0.2) is 13.8 Å². The van der Waals surface area contributed by atoms with Gasteiger partial charge in [0.1, 0.15) is 0 Å². The zero-order valence-corrected chi connectivity index (χ0v) is 23.2. The fraction of sp³-hybridized carbons (Fsp3) is 0.240. The van der Waals surface area contributed by atoms with E-state index in [1.54, 1.807) is 0 Å². The molecule has 0 aromatic heterocycles. The Morgan fingerprint density at radius 3 is 2.33 bits per heavy atom. The van der Waals surface area contributed by atoms with Crippen LogP contribution in [0.5, 0.6) is 0 Å². The van der Waals surface area contributed by atoms with Gasteiger partial charge in [-0.3, -0.25) is 0 Å². The molecule has 1 heterocycles. The van der Waals surface area contributed by atoms with Crippen molar-refractivity contribution in [2.45, 2.75) is 38.8 Å².